The van der Waals surface area contributed by atoms with E-state index in [0.717, 1.165) is 28.6 Å². The van der Waals surface area contributed by atoms with Crippen molar-refractivity contribution in [2.75, 3.05) is 13.2 Å². The van der Waals surface area contributed by atoms with Crippen molar-refractivity contribution in [3.8, 4) is 5.75 Å². The highest BCUT2D eigenvalue weighted by atomic mass is 32.2. The van der Waals surface area contributed by atoms with Crippen LogP contribution in [0.2, 0.25) is 0 Å². The predicted octanol–water partition coefficient (Wildman–Crippen LogP) is 2.44. The molecule has 2 aromatic rings. The Morgan fingerprint density at radius 2 is 2.00 bits per heavy atom. The van der Waals surface area contributed by atoms with E-state index in [9.17, 15) is 14.7 Å². The van der Waals surface area contributed by atoms with Crippen LogP contribution in [0.3, 0.4) is 0 Å². The number of hydrogen-bond acceptors (Lipinski definition) is 6. The van der Waals surface area contributed by atoms with Gasteiger partial charge >= 0.3 is 0 Å². The van der Waals surface area contributed by atoms with Crippen molar-refractivity contribution in [1.29, 1.82) is 0 Å². The highest BCUT2D eigenvalue weighted by Gasteiger charge is 2.31. The van der Waals surface area contributed by atoms with Gasteiger partial charge in [-0.3, -0.25) is 19.9 Å². The van der Waals surface area contributed by atoms with Gasteiger partial charge in [0.2, 0.25) is 5.91 Å². The number of carbonyl (C=O) groups is 2. The number of aliphatic hydroxyl groups is 1. The maximum absolute atomic E-state index is 11.6. The molecular weight excluding hydrogens is 352 g/mol. The number of nitrogens with one attached hydrogen (secondary N) is 1. The number of pyridine rings is 1. The van der Waals surface area contributed by atoms with Gasteiger partial charge in [-0.1, -0.05) is 30.0 Å². The molecule has 0 radical (unpaired) electrons. The molecule has 2 N–H and O–H groups in total. The molecule has 0 bridgehead atoms. The molecule has 2 amide bonds. The van der Waals surface area contributed by atoms with Gasteiger partial charge in [0.05, 0.1) is 24.4 Å². The van der Waals surface area contributed by atoms with Crippen LogP contribution < -0.4 is 10.1 Å². The van der Waals surface area contributed by atoms with Gasteiger partial charge in [-0.15, -0.1) is 0 Å². The van der Waals surface area contributed by atoms with E-state index in [1.54, 1.807) is 6.20 Å². The lowest BCUT2D eigenvalue weighted by Gasteiger charge is -2.15. The average molecular weight is 372 g/mol. The number of aryl methyl sites for hydroxylation is 1. The third-order valence-electron chi connectivity index (χ3n) is 4.14. The van der Waals surface area contributed by atoms with Gasteiger partial charge in [-0.2, -0.15) is 0 Å². The van der Waals surface area contributed by atoms with Gasteiger partial charge in [0.1, 0.15) is 5.75 Å². The summed E-state index contributed by atoms with van der Waals surface area (Å²) >= 11 is 1.02. The number of aromatic nitrogens is 1. The number of benzene rings is 1. The maximum Gasteiger partial charge on any atom is 0.286 e. The molecule has 3 rings (SSSR count). The molecule has 2 heterocycles. The van der Waals surface area contributed by atoms with Crippen molar-refractivity contribution >= 4 is 22.9 Å². The Kier molecular flexibility index (Phi) is 5.90. The lowest BCUT2D eigenvalue weighted by atomic mass is 10.1. The Morgan fingerprint density at radius 3 is 2.58 bits per heavy atom. The van der Waals surface area contributed by atoms with E-state index in [0.29, 0.717) is 18.8 Å². The first-order chi connectivity index (χ1) is 12.5. The molecule has 1 saturated heterocycles. The summed E-state index contributed by atoms with van der Waals surface area (Å²) in [5, 5.41) is 11.2. The van der Waals surface area contributed by atoms with Crippen LogP contribution in [0.4, 0.5) is 4.79 Å². The summed E-state index contributed by atoms with van der Waals surface area (Å²) in [6.45, 7) is 2.24. The Bertz CT molecular complexity index is 777. The number of carbonyl (C=O) groups excluding carboxylic acids is 2. The normalized spacial score (nSPS) is 17.8. The van der Waals surface area contributed by atoms with Gasteiger partial charge < -0.3 is 9.84 Å². The molecule has 0 aliphatic carbocycles. The SMILES string of the molecule is Cc1ccc(C(CO)COc2ccc(CC3SC(=O)NC3=O)cc2)nc1. The number of amides is 2. The molecule has 2 unspecified atom stereocenters. The Balaban J connectivity index is 1.56. The van der Waals surface area contributed by atoms with Crippen LogP contribution in [0.25, 0.3) is 0 Å². The molecule has 7 heteroatoms. The van der Waals surface area contributed by atoms with Crippen LogP contribution in [0.1, 0.15) is 22.7 Å². The van der Waals surface area contributed by atoms with Crippen LogP contribution in [-0.4, -0.2) is 39.7 Å². The number of nitrogens with zero attached hydrogens (tertiary/aromatic N) is 1. The summed E-state index contributed by atoms with van der Waals surface area (Å²) in [5.41, 5.74) is 2.82. The van der Waals surface area contributed by atoms with E-state index in [4.69, 9.17) is 4.74 Å². The molecule has 6 nitrogen and oxygen atoms in total. The van der Waals surface area contributed by atoms with Gasteiger partial charge in [0.15, 0.2) is 0 Å². The smallest absolute Gasteiger partial charge is 0.286 e. The van der Waals surface area contributed by atoms with Crippen LogP contribution >= 0.6 is 11.8 Å². The molecule has 2 atom stereocenters. The standard InChI is InChI=1S/C19H20N2O4S/c1-12-2-7-16(20-9-12)14(10-22)11-25-15-5-3-13(4-6-15)8-17-18(23)21-19(24)26-17/h2-7,9,14,17,22H,8,10-11H2,1H3,(H,21,23,24). The molecule has 1 fully saturated rings. The van der Waals surface area contributed by atoms with Gasteiger partial charge in [0, 0.05) is 11.9 Å². The zero-order valence-electron chi connectivity index (χ0n) is 14.3. The maximum atomic E-state index is 11.6. The summed E-state index contributed by atoms with van der Waals surface area (Å²) in [6.07, 6.45) is 2.27. The second-order valence-corrected chi connectivity index (χ2v) is 7.36. The monoisotopic (exact) mass is 372 g/mol. The molecular formula is C19H20N2O4S. The van der Waals surface area contributed by atoms with E-state index in [1.165, 1.54) is 0 Å². The van der Waals surface area contributed by atoms with Crippen molar-refractivity contribution in [2.24, 2.45) is 0 Å². The third kappa shape index (κ3) is 4.62. The van der Waals surface area contributed by atoms with Crippen molar-refractivity contribution in [3.05, 3.63) is 59.4 Å². The number of imide groups is 1. The minimum Gasteiger partial charge on any atom is -0.493 e. The number of thioether (sulfide) groups is 1. The van der Waals surface area contributed by atoms with E-state index in [-0.39, 0.29) is 28.9 Å². The van der Waals surface area contributed by atoms with Crippen molar-refractivity contribution < 1.29 is 19.4 Å². The fourth-order valence-electron chi connectivity index (χ4n) is 2.61. The second kappa shape index (κ2) is 8.33. The number of hydrogen-bond donors (Lipinski definition) is 2. The van der Waals surface area contributed by atoms with Gasteiger partial charge in [-0.25, -0.2) is 0 Å². The van der Waals surface area contributed by atoms with Crippen molar-refractivity contribution in [1.82, 2.24) is 10.3 Å². The largest absolute Gasteiger partial charge is 0.493 e. The summed E-state index contributed by atoms with van der Waals surface area (Å²) in [7, 11) is 0. The predicted molar refractivity (Wildman–Crippen MR) is 99.4 cm³/mol. The molecule has 1 aliphatic rings. The average Bonchev–Trinajstić information content (AvgIpc) is 2.95. The fraction of sp³-hybridized carbons (Fsp3) is 0.316. The van der Waals surface area contributed by atoms with E-state index in [2.05, 4.69) is 10.3 Å². The van der Waals surface area contributed by atoms with Crippen molar-refractivity contribution in [2.45, 2.75) is 24.5 Å². The van der Waals surface area contributed by atoms with Crippen LogP contribution in [-0.2, 0) is 11.2 Å². The van der Waals surface area contributed by atoms with E-state index >= 15 is 0 Å². The van der Waals surface area contributed by atoms with Crippen molar-refractivity contribution in [3.63, 3.8) is 0 Å². The first kappa shape index (κ1) is 18.4. The number of ether oxygens (including phenoxy) is 1. The molecule has 1 aromatic heterocycles. The van der Waals surface area contributed by atoms with E-state index < -0.39 is 0 Å². The molecule has 136 valence electrons. The first-order valence-electron chi connectivity index (χ1n) is 8.32. The second-order valence-electron chi connectivity index (χ2n) is 6.18. The third-order valence-corrected chi connectivity index (χ3v) is 5.12. The fourth-order valence-corrected chi connectivity index (χ4v) is 3.47. The highest BCUT2D eigenvalue weighted by Crippen LogP contribution is 2.24. The number of aliphatic hydroxyl groups excluding tert-OH is 1. The van der Waals surface area contributed by atoms with Gasteiger partial charge in [-0.05, 0) is 42.7 Å². The summed E-state index contributed by atoms with van der Waals surface area (Å²) in [6, 6.07) is 11.3. The molecule has 1 aliphatic heterocycles. The lowest BCUT2D eigenvalue weighted by molar-refractivity contribution is -0.118. The summed E-state index contributed by atoms with van der Waals surface area (Å²) < 4.78 is 5.77. The van der Waals surface area contributed by atoms with Crippen LogP contribution in [0.15, 0.2) is 42.6 Å². The lowest BCUT2D eigenvalue weighted by Crippen LogP contribution is -2.25. The topological polar surface area (TPSA) is 88.5 Å². The van der Waals surface area contributed by atoms with Crippen LogP contribution in [0, 0.1) is 6.92 Å². The Morgan fingerprint density at radius 1 is 1.23 bits per heavy atom. The minimum atomic E-state index is -0.374. The first-order valence-corrected chi connectivity index (χ1v) is 9.19. The molecule has 1 aromatic carbocycles. The minimum absolute atomic E-state index is 0.0454. The van der Waals surface area contributed by atoms with Crippen LogP contribution in [0.5, 0.6) is 5.75 Å². The molecule has 26 heavy (non-hydrogen) atoms. The van der Waals surface area contributed by atoms with Gasteiger partial charge in [0.25, 0.3) is 5.24 Å². The number of rotatable bonds is 7. The zero-order chi connectivity index (χ0) is 18.5. The summed E-state index contributed by atoms with van der Waals surface area (Å²) in [5.74, 6) is 0.246. The molecule has 0 spiro atoms. The zero-order valence-corrected chi connectivity index (χ0v) is 15.2. The summed E-state index contributed by atoms with van der Waals surface area (Å²) in [4.78, 5) is 27.2. The highest BCUT2D eigenvalue weighted by molar-refractivity contribution is 8.15. The molecule has 0 saturated carbocycles. The Hall–Kier alpha value is -2.38. The Labute approximate surface area is 156 Å². The van der Waals surface area contributed by atoms with E-state index in [1.807, 2.05) is 43.3 Å². The quantitative estimate of drug-likeness (QED) is 0.776.